The van der Waals surface area contributed by atoms with Crippen LogP contribution in [0.15, 0.2) is 53.5 Å². The number of rotatable bonds is 7. The molecule has 0 unspecified atom stereocenters. The molecule has 29 heavy (non-hydrogen) atoms. The summed E-state index contributed by atoms with van der Waals surface area (Å²) in [6, 6.07) is 12.2. The normalized spacial score (nSPS) is 11.5. The summed E-state index contributed by atoms with van der Waals surface area (Å²) in [6.07, 6.45) is 2.41. The monoisotopic (exact) mass is 416 g/mol. The first-order valence-electron chi connectivity index (χ1n) is 8.74. The molecule has 9 nitrogen and oxygen atoms in total. The molecular formula is C19H20N4O5S. The van der Waals surface area contributed by atoms with E-state index in [2.05, 4.69) is 15.0 Å². The van der Waals surface area contributed by atoms with Crippen molar-refractivity contribution in [3.05, 3.63) is 70.3 Å². The van der Waals surface area contributed by atoms with Crippen molar-refractivity contribution < 1.29 is 18.3 Å². The molecule has 2 heterocycles. The number of carbonyl (C=O) groups is 1. The van der Waals surface area contributed by atoms with Crippen LogP contribution in [0.2, 0.25) is 0 Å². The molecule has 10 heteroatoms. The maximum atomic E-state index is 12.4. The minimum Gasteiger partial charge on any atom is -0.504 e. The molecular weight excluding hydrogens is 396 g/mol. The first-order valence-corrected chi connectivity index (χ1v) is 10.6. The minimum atomic E-state index is -3.37. The first kappa shape index (κ1) is 20.5. The lowest BCUT2D eigenvalue weighted by atomic mass is 10.1. The Morgan fingerprint density at radius 3 is 2.55 bits per heavy atom. The second-order valence-corrected chi connectivity index (χ2v) is 8.26. The summed E-state index contributed by atoms with van der Waals surface area (Å²) in [6.45, 7) is 0.224. The zero-order chi connectivity index (χ0) is 21.0. The second-order valence-electron chi connectivity index (χ2n) is 6.43. The minimum absolute atomic E-state index is 0.00235. The molecule has 0 saturated carbocycles. The van der Waals surface area contributed by atoms with Crippen molar-refractivity contribution >= 4 is 26.8 Å². The summed E-state index contributed by atoms with van der Waals surface area (Å²) >= 11 is 0. The van der Waals surface area contributed by atoms with Gasteiger partial charge in [-0.25, -0.2) is 18.1 Å². The smallest absolute Gasteiger partial charge is 0.273 e. The quantitative estimate of drug-likeness (QED) is 0.479. The lowest BCUT2D eigenvalue weighted by Gasteiger charge is -2.13. The summed E-state index contributed by atoms with van der Waals surface area (Å²) in [5, 5.41) is 13.7. The molecule has 2 aromatic heterocycles. The SMILES string of the molecule is CS(=O)(=O)NCCNC(=O)c1ncc2ccc(=O)n(Cc3ccccc3)c2c1O. The van der Waals surface area contributed by atoms with Crippen molar-refractivity contribution in [1.29, 1.82) is 0 Å². The highest BCUT2D eigenvalue weighted by atomic mass is 32.2. The fourth-order valence-corrected chi connectivity index (χ4v) is 3.33. The van der Waals surface area contributed by atoms with E-state index in [9.17, 15) is 23.1 Å². The van der Waals surface area contributed by atoms with Crippen LogP contribution in [-0.2, 0) is 16.6 Å². The number of benzene rings is 1. The zero-order valence-electron chi connectivity index (χ0n) is 15.6. The van der Waals surface area contributed by atoms with Crippen molar-refractivity contribution in [1.82, 2.24) is 19.6 Å². The van der Waals surface area contributed by atoms with Crippen LogP contribution in [0.5, 0.6) is 5.75 Å². The highest BCUT2D eigenvalue weighted by Crippen LogP contribution is 2.26. The van der Waals surface area contributed by atoms with Gasteiger partial charge in [0.2, 0.25) is 10.0 Å². The van der Waals surface area contributed by atoms with E-state index in [1.165, 1.54) is 22.9 Å². The van der Waals surface area contributed by atoms with Gasteiger partial charge >= 0.3 is 0 Å². The fourth-order valence-electron chi connectivity index (χ4n) is 2.86. The Labute approximate surface area is 167 Å². The van der Waals surface area contributed by atoms with Crippen LogP contribution in [0, 0.1) is 0 Å². The fraction of sp³-hybridized carbons (Fsp3) is 0.211. The van der Waals surface area contributed by atoms with Gasteiger partial charge in [0, 0.05) is 30.7 Å². The number of sulfonamides is 1. The molecule has 3 rings (SSSR count). The Hall–Kier alpha value is -3.24. The first-order chi connectivity index (χ1) is 13.8. The third-order valence-corrected chi connectivity index (χ3v) is 4.90. The second kappa shape index (κ2) is 8.41. The number of nitrogens with one attached hydrogen (secondary N) is 2. The largest absolute Gasteiger partial charge is 0.504 e. The predicted molar refractivity (Wildman–Crippen MR) is 108 cm³/mol. The number of carbonyl (C=O) groups excluding carboxylic acids is 1. The molecule has 0 saturated heterocycles. The number of fused-ring (bicyclic) bond motifs is 1. The maximum absolute atomic E-state index is 12.4. The Balaban J connectivity index is 1.92. The Bertz CT molecular complexity index is 1210. The average molecular weight is 416 g/mol. The molecule has 0 aliphatic heterocycles. The van der Waals surface area contributed by atoms with E-state index in [1.807, 2.05) is 30.3 Å². The van der Waals surface area contributed by atoms with Gasteiger partial charge in [0.15, 0.2) is 11.4 Å². The predicted octanol–water partition coefficient (Wildman–Crippen LogP) is 0.429. The topological polar surface area (TPSA) is 130 Å². The van der Waals surface area contributed by atoms with Gasteiger partial charge in [-0.15, -0.1) is 0 Å². The Morgan fingerprint density at radius 2 is 1.86 bits per heavy atom. The molecule has 0 aliphatic carbocycles. The molecule has 0 fully saturated rings. The molecule has 0 radical (unpaired) electrons. The van der Waals surface area contributed by atoms with Gasteiger partial charge in [-0.3, -0.25) is 9.59 Å². The number of aromatic nitrogens is 2. The van der Waals surface area contributed by atoms with Crippen molar-refractivity contribution in [2.75, 3.05) is 19.3 Å². The molecule has 3 N–H and O–H groups in total. The third-order valence-electron chi connectivity index (χ3n) is 4.17. The van der Waals surface area contributed by atoms with Crippen LogP contribution in [-0.4, -0.2) is 48.3 Å². The van der Waals surface area contributed by atoms with Crippen LogP contribution >= 0.6 is 0 Å². The van der Waals surface area contributed by atoms with Crippen molar-refractivity contribution in [3.63, 3.8) is 0 Å². The summed E-state index contributed by atoms with van der Waals surface area (Å²) in [5.41, 5.74) is 0.489. The molecule has 3 aromatic rings. The van der Waals surface area contributed by atoms with Gasteiger partial charge in [0.05, 0.1) is 18.3 Å². The van der Waals surface area contributed by atoms with Gasteiger partial charge in [0.25, 0.3) is 11.5 Å². The van der Waals surface area contributed by atoms with Crippen LogP contribution in [0.3, 0.4) is 0 Å². The summed E-state index contributed by atoms with van der Waals surface area (Å²) in [7, 11) is -3.37. The standard InChI is InChI=1S/C19H20N4O5S/c1-29(27,28)22-10-9-20-19(26)16-18(25)17-14(11-21-16)7-8-15(24)23(17)12-13-5-3-2-4-6-13/h2-8,11,22,25H,9-10,12H2,1H3,(H,20,26). The molecule has 152 valence electrons. The number of nitrogens with zero attached hydrogens (tertiary/aromatic N) is 2. The highest BCUT2D eigenvalue weighted by molar-refractivity contribution is 7.88. The van der Waals surface area contributed by atoms with E-state index in [4.69, 9.17) is 0 Å². The van der Waals surface area contributed by atoms with Crippen LogP contribution in [0.4, 0.5) is 0 Å². The zero-order valence-corrected chi connectivity index (χ0v) is 16.4. The van der Waals surface area contributed by atoms with Crippen molar-refractivity contribution in [2.24, 2.45) is 0 Å². The molecule has 0 atom stereocenters. The molecule has 0 aliphatic rings. The summed E-state index contributed by atoms with van der Waals surface area (Å²) in [4.78, 5) is 28.8. The van der Waals surface area contributed by atoms with E-state index in [1.54, 1.807) is 0 Å². The van der Waals surface area contributed by atoms with Gasteiger partial charge < -0.3 is 15.0 Å². The van der Waals surface area contributed by atoms with E-state index >= 15 is 0 Å². The average Bonchev–Trinajstić information content (AvgIpc) is 2.67. The highest BCUT2D eigenvalue weighted by Gasteiger charge is 2.18. The van der Waals surface area contributed by atoms with Crippen LogP contribution < -0.4 is 15.6 Å². The number of amides is 1. The Kier molecular flexibility index (Phi) is 5.95. The molecule has 0 bridgehead atoms. The number of pyridine rings is 2. The van der Waals surface area contributed by atoms with Gasteiger partial charge in [-0.1, -0.05) is 30.3 Å². The van der Waals surface area contributed by atoms with E-state index in [-0.39, 0.29) is 36.4 Å². The van der Waals surface area contributed by atoms with Gasteiger partial charge in [0.1, 0.15) is 0 Å². The van der Waals surface area contributed by atoms with E-state index in [0.717, 1.165) is 11.8 Å². The number of hydrogen-bond donors (Lipinski definition) is 3. The summed E-state index contributed by atoms with van der Waals surface area (Å²) in [5.74, 6) is -1.09. The lowest BCUT2D eigenvalue weighted by Crippen LogP contribution is -2.34. The number of aromatic hydroxyl groups is 1. The van der Waals surface area contributed by atoms with E-state index < -0.39 is 21.7 Å². The molecule has 1 aromatic carbocycles. The van der Waals surface area contributed by atoms with Gasteiger partial charge in [-0.2, -0.15) is 0 Å². The maximum Gasteiger partial charge on any atom is 0.273 e. The Morgan fingerprint density at radius 1 is 1.14 bits per heavy atom. The van der Waals surface area contributed by atoms with Crippen LogP contribution in [0.1, 0.15) is 16.1 Å². The van der Waals surface area contributed by atoms with Crippen molar-refractivity contribution in [3.8, 4) is 5.75 Å². The third kappa shape index (κ3) is 4.98. The molecule has 0 spiro atoms. The van der Waals surface area contributed by atoms with Crippen molar-refractivity contribution in [2.45, 2.75) is 6.54 Å². The van der Waals surface area contributed by atoms with Gasteiger partial charge in [-0.05, 0) is 11.6 Å². The number of hydrogen-bond acceptors (Lipinski definition) is 6. The van der Waals surface area contributed by atoms with E-state index in [0.29, 0.717) is 5.39 Å². The van der Waals surface area contributed by atoms with Crippen LogP contribution in [0.25, 0.3) is 10.9 Å². The lowest BCUT2D eigenvalue weighted by molar-refractivity contribution is 0.0946. The summed E-state index contributed by atoms with van der Waals surface area (Å²) < 4.78 is 25.7. The molecule has 1 amide bonds.